The topological polar surface area (TPSA) is 43.6 Å². The molecule has 0 aromatic carbocycles. The van der Waals surface area contributed by atoms with Gasteiger partial charge in [0.15, 0.2) is 5.82 Å². The number of thioether (sulfide) groups is 1. The van der Waals surface area contributed by atoms with Crippen molar-refractivity contribution in [2.45, 2.75) is 42.9 Å². The van der Waals surface area contributed by atoms with Crippen molar-refractivity contribution in [1.82, 2.24) is 20.2 Å². The number of halogens is 1. The largest absolute Gasteiger partial charge is 0.225 e. The van der Waals surface area contributed by atoms with Crippen LogP contribution in [-0.2, 0) is 0 Å². The monoisotopic (exact) mass is 246 g/mol. The summed E-state index contributed by atoms with van der Waals surface area (Å²) in [5, 5.41) is 12.4. The Labute approximate surface area is 98.8 Å². The molecule has 4 nitrogen and oxygen atoms in total. The molecule has 0 aliphatic heterocycles. The maximum atomic E-state index is 6.03. The molecule has 15 heavy (non-hydrogen) atoms. The van der Waals surface area contributed by atoms with E-state index in [1.165, 1.54) is 6.42 Å². The van der Waals surface area contributed by atoms with Gasteiger partial charge in [-0.1, -0.05) is 0 Å². The standard InChI is InChI=1S/C9H15ClN4S/c1-6(10)9-11-12-13-14(9)7-3-4-8(5-7)15-2/h6-8H,3-5H2,1-2H3. The number of rotatable bonds is 3. The second kappa shape index (κ2) is 4.70. The Kier molecular flexibility index (Phi) is 3.51. The van der Waals surface area contributed by atoms with E-state index in [4.69, 9.17) is 11.6 Å². The highest BCUT2D eigenvalue weighted by atomic mass is 35.5. The number of nitrogens with zero attached hydrogens (tertiary/aromatic N) is 4. The van der Waals surface area contributed by atoms with Crippen LogP contribution in [0.1, 0.15) is 43.4 Å². The van der Waals surface area contributed by atoms with Gasteiger partial charge < -0.3 is 0 Å². The van der Waals surface area contributed by atoms with Crippen molar-refractivity contribution in [1.29, 1.82) is 0 Å². The van der Waals surface area contributed by atoms with Crippen molar-refractivity contribution in [3.05, 3.63) is 5.82 Å². The van der Waals surface area contributed by atoms with E-state index < -0.39 is 0 Å². The number of hydrogen-bond donors (Lipinski definition) is 0. The zero-order valence-electron chi connectivity index (χ0n) is 8.93. The van der Waals surface area contributed by atoms with Crippen molar-refractivity contribution in [2.24, 2.45) is 0 Å². The Bertz CT molecular complexity index is 328. The Morgan fingerprint density at radius 2 is 2.33 bits per heavy atom. The van der Waals surface area contributed by atoms with E-state index in [0.717, 1.165) is 23.9 Å². The van der Waals surface area contributed by atoms with Gasteiger partial charge in [-0.2, -0.15) is 11.8 Å². The van der Waals surface area contributed by atoms with Gasteiger partial charge in [-0.25, -0.2) is 4.68 Å². The first-order valence-corrected chi connectivity index (χ1v) is 6.89. The van der Waals surface area contributed by atoms with Crippen molar-refractivity contribution in [3.63, 3.8) is 0 Å². The molecule has 3 atom stereocenters. The van der Waals surface area contributed by atoms with Crippen LogP contribution in [0.4, 0.5) is 0 Å². The fraction of sp³-hybridized carbons (Fsp3) is 0.889. The van der Waals surface area contributed by atoms with E-state index in [1.54, 1.807) is 0 Å². The summed E-state index contributed by atoms with van der Waals surface area (Å²) in [6.07, 6.45) is 5.73. The normalized spacial score (nSPS) is 28.2. The molecule has 6 heteroatoms. The van der Waals surface area contributed by atoms with E-state index in [0.29, 0.717) is 6.04 Å². The van der Waals surface area contributed by atoms with Gasteiger partial charge in [0, 0.05) is 5.25 Å². The van der Waals surface area contributed by atoms with Crippen molar-refractivity contribution >= 4 is 23.4 Å². The van der Waals surface area contributed by atoms with Crippen LogP contribution < -0.4 is 0 Å². The van der Waals surface area contributed by atoms with E-state index in [9.17, 15) is 0 Å². The van der Waals surface area contributed by atoms with E-state index in [1.807, 2.05) is 23.4 Å². The van der Waals surface area contributed by atoms with Gasteiger partial charge >= 0.3 is 0 Å². The molecule has 1 heterocycles. The van der Waals surface area contributed by atoms with Gasteiger partial charge in [-0.15, -0.1) is 16.7 Å². The van der Waals surface area contributed by atoms with Crippen LogP contribution in [0, 0.1) is 0 Å². The second-order valence-corrected chi connectivity index (χ2v) is 5.71. The van der Waals surface area contributed by atoms with Gasteiger partial charge in [0.1, 0.15) is 0 Å². The van der Waals surface area contributed by atoms with Crippen LogP contribution in [0.3, 0.4) is 0 Å². The first-order valence-electron chi connectivity index (χ1n) is 5.17. The molecule has 0 bridgehead atoms. The van der Waals surface area contributed by atoms with E-state index in [-0.39, 0.29) is 5.38 Å². The lowest BCUT2D eigenvalue weighted by Crippen LogP contribution is -2.12. The molecule has 1 fully saturated rings. The number of alkyl halides is 1. The maximum Gasteiger partial charge on any atom is 0.169 e. The molecular formula is C9H15ClN4S. The summed E-state index contributed by atoms with van der Waals surface area (Å²) < 4.78 is 1.91. The molecule has 0 saturated heterocycles. The fourth-order valence-corrected chi connectivity index (χ4v) is 3.01. The summed E-state index contributed by atoms with van der Waals surface area (Å²) in [6, 6.07) is 0.439. The van der Waals surface area contributed by atoms with Gasteiger partial charge in [0.25, 0.3) is 0 Å². The minimum absolute atomic E-state index is 0.117. The summed E-state index contributed by atoms with van der Waals surface area (Å²) in [7, 11) is 0. The summed E-state index contributed by atoms with van der Waals surface area (Å²) in [5.41, 5.74) is 0. The Balaban J connectivity index is 2.13. The van der Waals surface area contributed by atoms with Gasteiger partial charge in [0.2, 0.25) is 0 Å². The Morgan fingerprint density at radius 3 is 2.93 bits per heavy atom. The molecule has 84 valence electrons. The molecule has 0 radical (unpaired) electrons. The minimum Gasteiger partial charge on any atom is -0.225 e. The van der Waals surface area contributed by atoms with Crippen LogP contribution in [0.25, 0.3) is 0 Å². The number of hydrogen-bond acceptors (Lipinski definition) is 4. The molecule has 0 N–H and O–H groups in total. The van der Waals surface area contributed by atoms with Crippen LogP contribution in [0.15, 0.2) is 0 Å². The molecule has 2 rings (SSSR count). The molecular weight excluding hydrogens is 232 g/mol. The van der Waals surface area contributed by atoms with Crippen LogP contribution in [-0.4, -0.2) is 31.7 Å². The highest BCUT2D eigenvalue weighted by Crippen LogP contribution is 2.36. The van der Waals surface area contributed by atoms with Crippen LogP contribution in [0.5, 0.6) is 0 Å². The SMILES string of the molecule is CSC1CCC(n2nnnc2C(C)Cl)C1. The highest BCUT2D eigenvalue weighted by Gasteiger charge is 2.28. The fourth-order valence-electron chi connectivity index (χ4n) is 2.08. The quantitative estimate of drug-likeness (QED) is 0.769. The van der Waals surface area contributed by atoms with Crippen LogP contribution in [0.2, 0.25) is 0 Å². The van der Waals surface area contributed by atoms with Gasteiger partial charge in [-0.3, -0.25) is 0 Å². The molecule has 1 aromatic rings. The van der Waals surface area contributed by atoms with Crippen LogP contribution >= 0.6 is 23.4 Å². The van der Waals surface area contributed by atoms with Crippen molar-refractivity contribution < 1.29 is 0 Å². The van der Waals surface area contributed by atoms with Crippen molar-refractivity contribution in [3.8, 4) is 0 Å². The summed E-state index contributed by atoms with van der Waals surface area (Å²) >= 11 is 7.96. The summed E-state index contributed by atoms with van der Waals surface area (Å²) in [6.45, 7) is 1.91. The highest BCUT2D eigenvalue weighted by molar-refractivity contribution is 7.99. The predicted octanol–water partition coefficient (Wildman–Crippen LogP) is 2.43. The average Bonchev–Trinajstić information content (AvgIpc) is 2.85. The average molecular weight is 247 g/mol. The minimum atomic E-state index is -0.117. The third kappa shape index (κ3) is 2.28. The molecule has 1 aliphatic rings. The first kappa shape index (κ1) is 11.2. The second-order valence-electron chi connectivity index (χ2n) is 3.92. The predicted molar refractivity (Wildman–Crippen MR) is 62.3 cm³/mol. The van der Waals surface area contributed by atoms with Gasteiger partial charge in [0.05, 0.1) is 11.4 Å². The maximum absolute atomic E-state index is 6.03. The lowest BCUT2D eigenvalue weighted by atomic mass is 10.2. The Hall–Kier alpha value is -0.290. The molecule has 1 aromatic heterocycles. The molecule has 1 saturated carbocycles. The molecule has 1 aliphatic carbocycles. The third-order valence-electron chi connectivity index (χ3n) is 2.91. The zero-order chi connectivity index (χ0) is 10.8. The summed E-state index contributed by atoms with van der Waals surface area (Å²) in [4.78, 5) is 0. The lowest BCUT2D eigenvalue weighted by Gasteiger charge is -2.12. The van der Waals surface area contributed by atoms with E-state index in [2.05, 4.69) is 21.8 Å². The number of tetrazole rings is 1. The van der Waals surface area contributed by atoms with E-state index >= 15 is 0 Å². The van der Waals surface area contributed by atoms with Crippen molar-refractivity contribution in [2.75, 3.05) is 6.26 Å². The molecule has 0 amide bonds. The molecule has 3 unspecified atom stereocenters. The third-order valence-corrected chi connectivity index (χ3v) is 4.20. The Morgan fingerprint density at radius 1 is 1.53 bits per heavy atom. The number of aromatic nitrogens is 4. The first-order chi connectivity index (χ1) is 7.22. The zero-order valence-corrected chi connectivity index (χ0v) is 10.5. The van der Waals surface area contributed by atoms with Gasteiger partial charge in [-0.05, 0) is 42.9 Å². The lowest BCUT2D eigenvalue weighted by molar-refractivity contribution is 0.438. The smallest absolute Gasteiger partial charge is 0.169 e. The summed E-state index contributed by atoms with van der Waals surface area (Å²) in [5.74, 6) is 0.795. The molecule has 0 spiro atoms.